The first-order valence-electron chi connectivity index (χ1n) is 6.22. The molecule has 0 aliphatic rings. The predicted molar refractivity (Wildman–Crippen MR) is 77.4 cm³/mol. The zero-order valence-corrected chi connectivity index (χ0v) is 11.7. The number of benzene rings is 1. The molecule has 2 aromatic rings. The van der Waals surface area contributed by atoms with Gasteiger partial charge in [0.15, 0.2) is 0 Å². The zero-order valence-electron chi connectivity index (χ0n) is 10.8. The largest absolute Gasteiger partial charge is 0.485 e. The van der Waals surface area contributed by atoms with Gasteiger partial charge in [-0.05, 0) is 44.8 Å². The Morgan fingerprint density at radius 2 is 1.94 bits per heavy atom. The Labute approximate surface area is 113 Å². The monoisotopic (exact) mass is 261 g/mol. The van der Waals surface area contributed by atoms with Crippen molar-refractivity contribution in [3.63, 3.8) is 0 Å². The minimum Gasteiger partial charge on any atom is -0.485 e. The molecule has 0 aliphatic carbocycles. The molecular weight excluding hydrogens is 242 g/mol. The molecule has 0 bridgehead atoms. The van der Waals surface area contributed by atoms with Crippen molar-refractivity contribution in [3.8, 4) is 5.75 Å². The summed E-state index contributed by atoms with van der Waals surface area (Å²) < 4.78 is 6.09. The van der Waals surface area contributed by atoms with E-state index >= 15 is 0 Å². The van der Waals surface area contributed by atoms with E-state index in [1.54, 1.807) is 0 Å². The van der Waals surface area contributed by atoms with Crippen molar-refractivity contribution >= 4 is 11.3 Å². The van der Waals surface area contributed by atoms with Crippen LogP contribution in [0.1, 0.15) is 22.3 Å². The van der Waals surface area contributed by atoms with E-state index < -0.39 is 0 Å². The number of para-hydroxylation sites is 1. The lowest BCUT2D eigenvalue weighted by Gasteiger charge is -2.17. The van der Waals surface area contributed by atoms with Gasteiger partial charge in [-0.3, -0.25) is 0 Å². The molecule has 0 saturated heterocycles. The molecule has 18 heavy (non-hydrogen) atoms. The number of hydrogen-bond donors (Lipinski definition) is 1. The lowest BCUT2D eigenvalue weighted by Crippen LogP contribution is -2.15. The van der Waals surface area contributed by atoms with E-state index in [4.69, 9.17) is 4.74 Å². The molecule has 0 amide bonds. The van der Waals surface area contributed by atoms with Gasteiger partial charge in [-0.15, -0.1) is 11.3 Å². The van der Waals surface area contributed by atoms with Gasteiger partial charge >= 0.3 is 0 Å². The van der Waals surface area contributed by atoms with Crippen molar-refractivity contribution in [3.05, 3.63) is 52.2 Å². The molecule has 1 heterocycles. The molecule has 1 aromatic carbocycles. The smallest absolute Gasteiger partial charge is 0.134 e. The Morgan fingerprint density at radius 1 is 1.17 bits per heavy atom. The van der Waals surface area contributed by atoms with Crippen LogP contribution >= 0.6 is 11.3 Å². The molecule has 0 aliphatic heterocycles. The zero-order chi connectivity index (χ0) is 12.8. The summed E-state index contributed by atoms with van der Waals surface area (Å²) in [6, 6.07) is 14.3. The van der Waals surface area contributed by atoms with Crippen LogP contribution in [0.25, 0.3) is 0 Å². The van der Waals surface area contributed by atoms with E-state index in [1.807, 2.05) is 48.7 Å². The van der Waals surface area contributed by atoms with Crippen molar-refractivity contribution in [2.45, 2.75) is 19.4 Å². The summed E-state index contributed by atoms with van der Waals surface area (Å²) in [5.41, 5.74) is 0. The summed E-state index contributed by atoms with van der Waals surface area (Å²) in [4.78, 5) is 2.63. The van der Waals surface area contributed by atoms with Gasteiger partial charge < -0.3 is 10.1 Å². The van der Waals surface area contributed by atoms with Gasteiger partial charge in [-0.2, -0.15) is 0 Å². The quantitative estimate of drug-likeness (QED) is 0.854. The van der Waals surface area contributed by atoms with Gasteiger partial charge in [-0.25, -0.2) is 0 Å². The van der Waals surface area contributed by atoms with Crippen molar-refractivity contribution in [1.29, 1.82) is 0 Å². The summed E-state index contributed by atoms with van der Waals surface area (Å²) >= 11 is 1.81. The van der Waals surface area contributed by atoms with E-state index in [-0.39, 0.29) is 6.10 Å². The van der Waals surface area contributed by atoms with Crippen LogP contribution in [0.3, 0.4) is 0 Å². The van der Waals surface area contributed by atoms with Crippen LogP contribution in [0.15, 0.2) is 42.5 Å². The van der Waals surface area contributed by atoms with Gasteiger partial charge in [0.1, 0.15) is 11.9 Å². The Balaban J connectivity index is 2.10. The van der Waals surface area contributed by atoms with Crippen LogP contribution in [-0.4, -0.2) is 13.6 Å². The molecule has 0 fully saturated rings. The molecule has 1 N–H and O–H groups in total. The first-order chi connectivity index (χ1) is 8.79. The van der Waals surface area contributed by atoms with Crippen molar-refractivity contribution in [1.82, 2.24) is 5.32 Å². The molecule has 1 atom stereocenters. The molecule has 2 nitrogen and oxygen atoms in total. The maximum absolute atomic E-state index is 6.09. The van der Waals surface area contributed by atoms with Gasteiger partial charge in [0.2, 0.25) is 0 Å². The highest BCUT2D eigenvalue weighted by Gasteiger charge is 2.14. The van der Waals surface area contributed by atoms with Gasteiger partial charge in [0.05, 0.1) is 0 Å². The summed E-state index contributed by atoms with van der Waals surface area (Å²) in [7, 11) is 1.97. The Bertz CT molecular complexity index is 466. The van der Waals surface area contributed by atoms with Crippen LogP contribution in [0, 0.1) is 6.92 Å². The van der Waals surface area contributed by atoms with Crippen molar-refractivity contribution < 1.29 is 4.74 Å². The molecule has 3 heteroatoms. The lowest BCUT2D eigenvalue weighted by atomic mass is 10.2. The fraction of sp³-hybridized carbons (Fsp3) is 0.333. The predicted octanol–water partition coefficient (Wildman–Crippen LogP) is 3.79. The number of rotatable bonds is 6. The van der Waals surface area contributed by atoms with Gasteiger partial charge in [-0.1, -0.05) is 18.2 Å². The second-order valence-corrected chi connectivity index (χ2v) is 5.58. The molecule has 0 radical (unpaired) electrons. The molecule has 0 spiro atoms. The van der Waals surface area contributed by atoms with E-state index in [9.17, 15) is 0 Å². The number of nitrogens with one attached hydrogen (secondary N) is 1. The Kier molecular flexibility index (Phi) is 4.79. The van der Waals surface area contributed by atoms with Crippen molar-refractivity contribution in [2.75, 3.05) is 13.6 Å². The Hall–Kier alpha value is -1.32. The van der Waals surface area contributed by atoms with E-state index in [0.29, 0.717) is 0 Å². The average Bonchev–Trinajstić information content (AvgIpc) is 2.82. The average molecular weight is 261 g/mol. The maximum atomic E-state index is 6.09. The molecule has 2 rings (SSSR count). The highest BCUT2D eigenvalue weighted by molar-refractivity contribution is 7.12. The van der Waals surface area contributed by atoms with Crippen molar-refractivity contribution in [2.24, 2.45) is 0 Å². The van der Waals surface area contributed by atoms with Gasteiger partial charge in [0, 0.05) is 16.2 Å². The number of hydrogen-bond acceptors (Lipinski definition) is 3. The minimum atomic E-state index is 0.138. The summed E-state index contributed by atoms with van der Waals surface area (Å²) in [5, 5.41) is 3.19. The number of aryl methyl sites for hydroxylation is 1. The second-order valence-electron chi connectivity index (χ2n) is 4.26. The summed E-state index contributed by atoms with van der Waals surface area (Å²) in [5.74, 6) is 0.935. The third-order valence-electron chi connectivity index (χ3n) is 2.76. The van der Waals surface area contributed by atoms with E-state index in [0.717, 1.165) is 18.7 Å². The third kappa shape index (κ3) is 3.59. The number of thiophene rings is 1. The van der Waals surface area contributed by atoms with E-state index in [1.165, 1.54) is 9.75 Å². The molecular formula is C15H19NOS. The summed E-state index contributed by atoms with van der Waals surface area (Å²) in [6.07, 6.45) is 1.12. The second kappa shape index (κ2) is 6.57. The van der Waals surface area contributed by atoms with Crippen LogP contribution in [0.2, 0.25) is 0 Å². The Morgan fingerprint density at radius 3 is 2.56 bits per heavy atom. The van der Waals surface area contributed by atoms with Crippen LogP contribution in [0.4, 0.5) is 0 Å². The SMILES string of the molecule is CNCCC(Oc1ccccc1)c1ccc(C)s1. The first kappa shape index (κ1) is 13.1. The molecule has 1 aromatic heterocycles. The van der Waals surface area contributed by atoms with Crippen LogP contribution < -0.4 is 10.1 Å². The van der Waals surface area contributed by atoms with E-state index in [2.05, 4.69) is 24.4 Å². The number of ether oxygens (including phenoxy) is 1. The molecule has 96 valence electrons. The minimum absolute atomic E-state index is 0.138. The summed E-state index contributed by atoms with van der Waals surface area (Å²) in [6.45, 7) is 3.08. The third-order valence-corrected chi connectivity index (χ3v) is 3.85. The normalized spacial score (nSPS) is 12.3. The lowest BCUT2D eigenvalue weighted by molar-refractivity contribution is 0.198. The van der Waals surface area contributed by atoms with Crippen LogP contribution in [0.5, 0.6) is 5.75 Å². The highest BCUT2D eigenvalue weighted by Crippen LogP contribution is 2.29. The fourth-order valence-corrected chi connectivity index (χ4v) is 2.77. The van der Waals surface area contributed by atoms with Crippen LogP contribution in [-0.2, 0) is 0 Å². The molecule has 0 saturated carbocycles. The maximum Gasteiger partial charge on any atom is 0.134 e. The highest BCUT2D eigenvalue weighted by atomic mass is 32.1. The molecule has 1 unspecified atom stereocenters. The topological polar surface area (TPSA) is 21.3 Å². The fourth-order valence-electron chi connectivity index (χ4n) is 1.82. The standard InChI is InChI=1S/C15H19NOS/c1-12-8-9-15(18-12)14(10-11-16-2)17-13-6-4-3-5-7-13/h3-9,14,16H,10-11H2,1-2H3. The van der Waals surface area contributed by atoms with Gasteiger partial charge in [0.25, 0.3) is 0 Å². The first-order valence-corrected chi connectivity index (χ1v) is 7.04.